The maximum absolute atomic E-state index is 13.6. The average Bonchev–Trinajstić information content (AvgIpc) is 3.54. The molecule has 0 bridgehead atoms. The summed E-state index contributed by atoms with van der Waals surface area (Å²) in [5.74, 6) is -2.26. The highest BCUT2D eigenvalue weighted by molar-refractivity contribution is 6.26. The number of anilines is 2. The molecular weight excluding hydrogens is 503 g/mol. The molecule has 38 heavy (non-hydrogen) atoms. The first-order valence-electron chi connectivity index (χ1n) is 11.8. The number of aromatic nitrogens is 3. The van der Waals surface area contributed by atoms with Crippen molar-refractivity contribution in [3.8, 4) is 0 Å². The van der Waals surface area contributed by atoms with Crippen molar-refractivity contribution in [3.05, 3.63) is 59.8 Å². The van der Waals surface area contributed by atoms with Gasteiger partial charge in [-0.3, -0.25) is 19.2 Å². The van der Waals surface area contributed by atoms with E-state index in [0.717, 1.165) is 15.9 Å². The molecule has 6 rings (SSSR count). The minimum absolute atomic E-state index is 0.00156. The fraction of sp³-hybridized carbons (Fsp3) is 0.231. The van der Waals surface area contributed by atoms with E-state index >= 15 is 0 Å². The first kappa shape index (κ1) is 23.8. The number of nitrogens with zero attached hydrogens (tertiary/aromatic N) is 5. The number of hydrogen-bond donors (Lipinski definition) is 0. The van der Waals surface area contributed by atoms with Crippen LogP contribution in [-0.4, -0.2) is 38.2 Å². The SMILES string of the molecule is O=C1CCC(=O)N1c1nc(N2C(=O)CCC2=O)c2c(ccc3c2ccn3Cc2ccccc2C(F)(F)F)n1. The van der Waals surface area contributed by atoms with Crippen LogP contribution in [0.25, 0.3) is 21.8 Å². The molecule has 0 spiro atoms. The molecular formula is C26H18F3N5O4. The van der Waals surface area contributed by atoms with Gasteiger partial charge in [-0.1, -0.05) is 18.2 Å². The van der Waals surface area contributed by atoms with Crippen LogP contribution in [0.4, 0.5) is 24.9 Å². The van der Waals surface area contributed by atoms with Gasteiger partial charge in [0.25, 0.3) is 0 Å². The zero-order chi connectivity index (χ0) is 26.8. The highest BCUT2D eigenvalue weighted by Gasteiger charge is 2.37. The number of benzene rings is 2. The van der Waals surface area contributed by atoms with Crippen molar-refractivity contribution in [1.82, 2.24) is 14.5 Å². The third kappa shape index (κ3) is 3.71. The second kappa shape index (κ2) is 8.47. The summed E-state index contributed by atoms with van der Waals surface area (Å²) in [6.07, 6.45) is -2.96. The molecule has 0 saturated carbocycles. The number of fused-ring (bicyclic) bond motifs is 3. The van der Waals surface area contributed by atoms with Crippen LogP contribution in [0.15, 0.2) is 48.7 Å². The maximum Gasteiger partial charge on any atom is 0.416 e. The Morgan fingerprint density at radius 1 is 0.763 bits per heavy atom. The Hall–Kier alpha value is -4.61. The van der Waals surface area contributed by atoms with Gasteiger partial charge in [0.05, 0.1) is 16.5 Å². The normalized spacial score (nSPS) is 16.6. The Balaban J connectivity index is 1.55. The Kier molecular flexibility index (Phi) is 5.30. The number of amides is 4. The van der Waals surface area contributed by atoms with E-state index in [-0.39, 0.29) is 55.1 Å². The molecule has 2 aliphatic heterocycles. The lowest BCUT2D eigenvalue weighted by molar-refractivity contribution is -0.138. The van der Waals surface area contributed by atoms with Gasteiger partial charge in [-0.25, -0.2) is 14.8 Å². The van der Waals surface area contributed by atoms with Crippen molar-refractivity contribution in [2.45, 2.75) is 38.4 Å². The summed E-state index contributed by atoms with van der Waals surface area (Å²) in [6.45, 7) is -0.0860. The third-order valence-corrected chi connectivity index (χ3v) is 6.76. The first-order valence-corrected chi connectivity index (χ1v) is 11.8. The molecule has 0 N–H and O–H groups in total. The van der Waals surface area contributed by atoms with Gasteiger partial charge in [-0.15, -0.1) is 0 Å². The van der Waals surface area contributed by atoms with Crippen molar-refractivity contribution in [2.75, 3.05) is 9.80 Å². The predicted molar refractivity (Wildman–Crippen MR) is 129 cm³/mol. The van der Waals surface area contributed by atoms with Crippen LogP contribution in [-0.2, 0) is 31.9 Å². The summed E-state index contributed by atoms with van der Waals surface area (Å²) in [6, 6.07) is 10.2. The molecule has 2 aromatic heterocycles. The molecule has 4 aromatic rings. The molecule has 4 amide bonds. The van der Waals surface area contributed by atoms with Crippen LogP contribution in [0, 0.1) is 0 Å². The van der Waals surface area contributed by atoms with Crippen LogP contribution in [0.5, 0.6) is 0 Å². The summed E-state index contributed by atoms with van der Waals surface area (Å²) in [4.78, 5) is 60.6. The van der Waals surface area contributed by atoms with E-state index in [2.05, 4.69) is 9.97 Å². The van der Waals surface area contributed by atoms with Crippen LogP contribution in [0.3, 0.4) is 0 Å². The molecule has 2 saturated heterocycles. The minimum atomic E-state index is -4.52. The fourth-order valence-corrected chi connectivity index (χ4v) is 5.00. The lowest BCUT2D eigenvalue weighted by atomic mass is 10.1. The number of carbonyl (C=O) groups excluding carboxylic acids is 4. The van der Waals surface area contributed by atoms with Crippen molar-refractivity contribution in [1.29, 1.82) is 0 Å². The Labute approximate surface area is 212 Å². The second-order valence-corrected chi connectivity index (χ2v) is 9.08. The molecule has 0 aliphatic carbocycles. The summed E-state index contributed by atoms with van der Waals surface area (Å²) < 4.78 is 42.3. The minimum Gasteiger partial charge on any atom is -0.343 e. The molecule has 2 fully saturated rings. The largest absolute Gasteiger partial charge is 0.416 e. The highest BCUT2D eigenvalue weighted by Crippen LogP contribution is 2.37. The number of carbonyl (C=O) groups is 4. The molecule has 4 heterocycles. The zero-order valence-electron chi connectivity index (χ0n) is 19.7. The molecule has 0 atom stereocenters. The quantitative estimate of drug-likeness (QED) is 0.377. The average molecular weight is 521 g/mol. The van der Waals surface area contributed by atoms with E-state index in [4.69, 9.17) is 0 Å². The standard InChI is InChI=1S/C26H18F3N5O4/c27-26(28,29)16-4-2-1-3-14(16)13-32-12-11-15-18(32)6-5-17-23(15)24(33-19(35)7-8-20(33)36)31-25(30-17)34-21(37)9-10-22(34)38/h1-6,11-12H,7-10,13H2. The van der Waals surface area contributed by atoms with Crippen molar-refractivity contribution in [3.63, 3.8) is 0 Å². The second-order valence-electron chi connectivity index (χ2n) is 9.08. The van der Waals surface area contributed by atoms with Gasteiger partial charge in [0.15, 0.2) is 5.82 Å². The molecule has 2 aromatic carbocycles. The highest BCUT2D eigenvalue weighted by atomic mass is 19.4. The van der Waals surface area contributed by atoms with E-state index in [0.29, 0.717) is 16.3 Å². The van der Waals surface area contributed by atoms with Gasteiger partial charge in [-0.05, 0) is 29.8 Å². The molecule has 2 aliphatic rings. The summed E-state index contributed by atoms with van der Waals surface area (Å²) >= 11 is 0. The van der Waals surface area contributed by atoms with Crippen molar-refractivity contribution < 1.29 is 32.3 Å². The molecule has 192 valence electrons. The maximum atomic E-state index is 13.6. The third-order valence-electron chi connectivity index (χ3n) is 6.76. The monoisotopic (exact) mass is 521 g/mol. The Bertz CT molecular complexity index is 1660. The summed E-state index contributed by atoms with van der Waals surface area (Å²) in [5, 5.41) is 0.817. The van der Waals surface area contributed by atoms with Gasteiger partial charge in [-0.2, -0.15) is 18.2 Å². The van der Waals surface area contributed by atoms with E-state index in [1.165, 1.54) is 18.2 Å². The Morgan fingerprint density at radius 3 is 2.05 bits per heavy atom. The lowest BCUT2D eigenvalue weighted by Gasteiger charge is -2.19. The fourth-order valence-electron chi connectivity index (χ4n) is 5.00. The van der Waals surface area contributed by atoms with Gasteiger partial charge in [0, 0.05) is 49.3 Å². The van der Waals surface area contributed by atoms with Gasteiger partial charge in [0.2, 0.25) is 29.6 Å². The van der Waals surface area contributed by atoms with Crippen LogP contribution < -0.4 is 9.80 Å². The van der Waals surface area contributed by atoms with E-state index in [1.807, 2.05) is 0 Å². The summed E-state index contributed by atoms with van der Waals surface area (Å²) in [7, 11) is 0. The zero-order valence-corrected chi connectivity index (χ0v) is 19.7. The molecule has 9 nitrogen and oxygen atoms in total. The topological polar surface area (TPSA) is 105 Å². The number of imide groups is 2. The number of alkyl halides is 3. The van der Waals surface area contributed by atoms with Gasteiger partial charge >= 0.3 is 6.18 Å². The Morgan fingerprint density at radius 2 is 1.39 bits per heavy atom. The number of hydrogen-bond acceptors (Lipinski definition) is 6. The predicted octanol–water partition coefficient (Wildman–Crippen LogP) is 3.96. The lowest BCUT2D eigenvalue weighted by Crippen LogP contribution is -2.33. The molecule has 0 radical (unpaired) electrons. The van der Waals surface area contributed by atoms with Crippen LogP contribution in [0.2, 0.25) is 0 Å². The van der Waals surface area contributed by atoms with E-state index in [1.54, 1.807) is 29.0 Å². The van der Waals surface area contributed by atoms with E-state index < -0.39 is 35.4 Å². The number of rotatable bonds is 4. The summed E-state index contributed by atoms with van der Waals surface area (Å²) in [5.41, 5.74) is 0.121. The van der Waals surface area contributed by atoms with Gasteiger partial charge < -0.3 is 4.57 Å². The van der Waals surface area contributed by atoms with Crippen LogP contribution >= 0.6 is 0 Å². The first-order chi connectivity index (χ1) is 18.1. The molecule has 0 unspecified atom stereocenters. The van der Waals surface area contributed by atoms with Crippen molar-refractivity contribution in [2.24, 2.45) is 0 Å². The smallest absolute Gasteiger partial charge is 0.343 e. The number of halogens is 3. The van der Waals surface area contributed by atoms with Gasteiger partial charge in [0.1, 0.15) is 0 Å². The van der Waals surface area contributed by atoms with Crippen molar-refractivity contribution >= 4 is 57.2 Å². The van der Waals surface area contributed by atoms with Crippen LogP contribution in [0.1, 0.15) is 36.8 Å². The molecule has 12 heteroatoms. The van der Waals surface area contributed by atoms with E-state index in [9.17, 15) is 32.3 Å².